The summed E-state index contributed by atoms with van der Waals surface area (Å²) in [5.41, 5.74) is 0.324. The van der Waals surface area contributed by atoms with E-state index >= 15 is 0 Å². The third-order valence-electron chi connectivity index (χ3n) is 0.630. The maximum Gasteiger partial charge on any atom is 0.150 e. The van der Waals surface area contributed by atoms with Crippen molar-refractivity contribution in [3.8, 4) is 0 Å². The standard InChI is InChI=1S/C4H9OP/c1-4(5)6(2)3/h1-3H3. The van der Waals surface area contributed by atoms with Gasteiger partial charge in [0.2, 0.25) is 0 Å². The molecule has 0 aliphatic rings. The Morgan fingerprint density at radius 3 is 1.67 bits per heavy atom. The van der Waals surface area contributed by atoms with Gasteiger partial charge in [-0.25, -0.2) is 0 Å². The lowest BCUT2D eigenvalue weighted by Crippen LogP contribution is -1.80. The first-order chi connectivity index (χ1) is 2.64. The Balaban J connectivity index is 3.26. The number of hydrogen-bond acceptors (Lipinski definition) is 1. The van der Waals surface area contributed by atoms with Crippen molar-refractivity contribution in [2.24, 2.45) is 0 Å². The number of carbonyl (C=O) groups is 1. The van der Waals surface area contributed by atoms with E-state index in [1.807, 2.05) is 13.3 Å². The molecule has 1 nitrogen and oxygen atoms in total. The van der Waals surface area contributed by atoms with E-state index < -0.39 is 0 Å². The van der Waals surface area contributed by atoms with Gasteiger partial charge in [-0.2, -0.15) is 0 Å². The van der Waals surface area contributed by atoms with Crippen molar-refractivity contribution in [3.63, 3.8) is 0 Å². The van der Waals surface area contributed by atoms with Gasteiger partial charge in [-0.15, -0.1) is 0 Å². The Hall–Kier alpha value is 0.100. The fourth-order valence-corrected chi connectivity index (χ4v) is 0. The molecule has 0 heterocycles. The highest BCUT2D eigenvalue weighted by Crippen LogP contribution is 2.23. The van der Waals surface area contributed by atoms with Crippen molar-refractivity contribution in [2.45, 2.75) is 6.92 Å². The van der Waals surface area contributed by atoms with Crippen molar-refractivity contribution < 1.29 is 4.79 Å². The van der Waals surface area contributed by atoms with Gasteiger partial charge in [0.15, 0.2) is 5.52 Å². The lowest BCUT2D eigenvalue weighted by molar-refractivity contribution is -0.109. The molecule has 0 N–H and O–H groups in total. The Morgan fingerprint density at radius 2 is 1.67 bits per heavy atom. The number of carbonyl (C=O) groups excluding carboxylic acids is 1. The maximum atomic E-state index is 10.2. The Labute approximate surface area is 39.5 Å². The van der Waals surface area contributed by atoms with E-state index in [0.29, 0.717) is 5.52 Å². The first-order valence-electron chi connectivity index (χ1n) is 1.82. The summed E-state index contributed by atoms with van der Waals surface area (Å²) in [4.78, 5) is 10.2. The van der Waals surface area contributed by atoms with E-state index in [9.17, 15) is 4.79 Å². The van der Waals surface area contributed by atoms with E-state index in [-0.39, 0.29) is 7.92 Å². The van der Waals surface area contributed by atoms with Gasteiger partial charge in [0.05, 0.1) is 0 Å². The summed E-state index contributed by atoms with van der Waals surface area (Å²) in [6.45, 7) is 5.54. The lowest BCUT2D eigenvalue weighted by Gasteiger charge is -1.92. The highest BCUT2D eigenvalue weighted by molar-refractivity contribution is 7.73. The van der Waals surface area contributed by atoms with Gasteiger partial charge >= 0.3 is 0 Å². The van der Waals surface area contributed by atoms with Crippen LogP contribution < -0.4 is 0 Å². The number of hydrogen-bond donors (Lipinski definition) is 0. The van der Waals surface area contributed by atoms with E-state index in [4.69, 9.17) is 0 Å². The van der Waals surface area contributed by atoms with Crippen LogP contribution in [0.4, 0.5) is 0 Å². The normalized spacial score (nSPS) is 9.33. The first kappa shape index (κ1) is 6.10. The van der Waals surface area contributed by atoms with Crippen LogP contribution in [-0.4, -0.2) is 18.9 Å². The molecule has 0 saturated heterocycles. The highest BCUT2D eigenvalue weighted by Gasteiger charge is 1.94. The minimum absolute atomic E-state index is 0.298. The van der Waals surface area contributed by atoms with Crippen LogP contribution in [0.25, 0.3) is 0 Å². The van der Waals surface area contributed by atoms with Crippen LogP contribution in [0, 0.1) is 0 Å². The molecule has 0 radical (unpaired) electrons. The van der Waals surface area contributed by atoms with Gasteiger partial charge in [-0.05, 0) is 28.2 Å². The number of rotatable bonds is 1. The van der Waals surface area contributed by atoms with Crippen LogP contribution in [0.1, 0.15) is 6.92 Å². The lowest BCUT2D eigenvalue weighted by atomic mass is 10.9. The topological polar surface area (TPSA) is 17.1 Å². The molecule has 0 unspecified atom stereocenters. The summed E-state index contributed by atoms with van der Waals surface area (Å²) in [5, 5.41) is 0. The quantitative estimate of drug-likeness (QED) is 0.458. The fraction of sp³-hybridized carbons (Fsp3) is 0.750. The minimum Gasteiger partial charge on any atom is -0.295 e. The van der Waals surface area contributed by atoms with E-state index in [1.165, 1.54) is 0 Å². The summed E-state index contributed by atoms with van der Waals surface area (Å²) in [5.74, 6) is 0. The molecule has 0 atom stereocenters. The van der Waals surface area contributed by atoms with Gasteiger partial charge < -0.3 is 0 Å². The molecule has 0 bridgehead atoms. The summed E-state index contributed by atoms with van der Waals surface area (Å²) >= 11 is 0. The van der Waals surface area contributed by atoms with Gasteiger partial charge in [0, 0.05) is 0 Å². The molecule has 2 heteroatoms. The third kappa shape index (κ3) is 2.34. The second-order valence-corrected chi connectivity index (χ2v) is 3.83. The average Bonchev–Trinajstić information content (AvgIpc) is 1.36. The van der Waals surface area contributed by atoms with Crippen LogP contribution in [-0.2, 0) is 4.79 Å². The zero-order valence-electron chi connectivity index (χ0n) is 4.36. The molecule has 0 saturated carbocycles. The van der Waals surface area contributed by atoms with Crippen molar-refractivity contribution >= 4 is 13.4 Å². The zero-order valence-corrected chi connectivity index (χ0v) is 5.25. The molecule has 0 spiro atoms. The predicted molar refractivity (Wildman–Crippen MR) is 29.4 cm³/mol. The van der Waals surface area contributed by atoms with Crippen LogP contribution in [0.15, 0.2) is 0 Å². The van der Waals surface area contributed by atoms with Crippen LogP contribution in [0.3, 0.4) is 0 Å². The molecule has 0 aliphatic carbocycles. The molecule has 0 aromatic heterocycles. The van der Waals surface area contributed by atoms with E-state index in [0.717, 1.165) is 0 Å². The molecule has 0 aromatic rings. The molecule has 0 amide bonds. The minimum atomic E-state index is -0.298. The van der Waals surface area contributed by atoms with Crippen molar-refractivity contribution in [2.75, 3.05) is 13.3 Å². The summed E-state index contributed by atoms with van der Waals surface area (Å²) in [6.07, 6.45) is 0. The second-order valence-electron chi connectivity index (χ2n) is 1.41. The molecule has 0 rings (SSSR count). The SMILES string of the molecule is CC(=O)P(C)C. The van der Waals surface area contributed by atoms with Crippen LogP contribution in [0.2, 0.25) is 0 Å². The Bertz CT molecular complexity index is 58.6. The van der Waals surface area contributed by atoms with Crippen LogP contribution >= 0.6 is 7.92 Å². The summed E-state index contributed by atoms with van der Waals surface area (Å²) in [7, 11) is -0.298. The molecular weight excluding hydrogens is 95.0 g/mol. The van der Waals surface area contributed by atoms with E-state index in [1.54, 1.807) is 6.92 Å². The zero-order chi connectivity index (χ0) is 5.15. The second kappa shape index (κ2) is 2.30. The van der Waals surface area contributed by atoms with E-state index in [2.05, 4.69) is 0 Å². The van der Waals surface area contributed by atoms with Crippen molar-refractivity contribution in [1.29, 1.82) is 0 Å². The first-order valence-corrected chi connectivity index (χ1v) is 4.06. The molecule has 0 aliphatic heterocycles. The molecular formula is C4H9OP. The highest BCUT2D eigenvalue weighted by atomic mass is 31.1. The summed E-state index contributed by atoms with van der Waals surface area (Å²) < 4.78 is 0. The van der Waals surface area contributed by atoms with Gasteiger partial charge in [-0.3, -0.25) is 4.79 Å². The smallest absolute Gasteiger partial charge is 0.150 e. The largest absolute Gasteiger partial charge is 0.295 e. The third-order valence-corrected chi connectivity index (χ3v) is 1.89. The molecule has 0 aromatic carbocycles. The summed E-state index contributed by atoms with van der Waals surface area (Å²) in [6, 6.07) is 0. The fourth-order valence-electron chi connectivity index (χ4n) is 0. The Morgan fingerprint density at radius 1 is 1.50 bits per heavy atom. The monoisotopic (exact) mass is 104 g/mol. The van der Waals surface area contributed by atoms with Crippen LogP contribution in [0.5, 0.6) is 0 Å². The average molecular weight is 104 g/mol. The maximum absolute atomic E-state index is 10.2. The van der Waals surface area contributed by atoms with Gasteiger partial charge in [0.25, 0.3) is 0 Å². The Kier molecular flexibility index (Phi) is 2.34. The van der Waals surface area contributed by atoms with Gasteiger partial charge in [-0.1, -0.05) is 0 Å². The molecule has 6 heavy (non-hydrogen) atoms. The molecule has 0 fully saturated rings. The van der Waals surface area contributed by atoms with Gasteiger partial charge in [0.1, 0.15) is 0 Å². The van der Waals surface area contributed by atoms with Crippen molar-refractivity contribution in [1.82, 2.24) is 0 Å². The predicted octanol–water partition coefficient (Wildman–Crippen LogP) is 1.27. The van der Waals surface area contributed by atoms with Crippen molar-refractivity contribution in [3.05, 3.63) is 0 Å². The molecule has 36 valence electrons.